The summed E-state index contributed by atoms with van der Waals surface area (Å²) in [6.07, 6.45) is 0.370. The second-order valence-corrected chi connectivity index (χ2v) is 6.42. The minimum absolute atomic E-state index is 0.0796. The highest BCUT2D eigenvalue weighted by atomic mass is 35.5. The Morgan fingerprint density at radius 1 is 1.19 bits per heavy atom. The normalized spacial score (nSPS) is 11.4. The van der Waals surface area contributed by atoms with E-state index in [-0.39, 0.29) is 5.69 Å². The Balaban J connectivity index is 1.83. The zero-order chi connectivity index (χ0) is 20.0. The summed E-state index contributed by atoms with van der Waals surface area (Å²) < 4.78 is 5.05. The van der Waals surface area contributed by atoms with Crippen molar-refractivity contribution in [2.75, 3.05) is 11.9 Å². The van der Waals surface area contributed by atoms with Crippen molar-refractivity contribution in [3.63, 3.8) is 0 Å². The zero-order valence-electron chi connectivity index (χ0n) is 15.2. The monoisotopic (exact) mass is 389 g/mol. The maximum atomic E-state index is 12.2. The van der Waals surface area contributed by atoms with Crippen molar-refractivity contribution in [1.82, 2.24) is 10.3 Å². The number of benzene rings is 1. The Labute approximate surface area is 162 Å². The Morgan fingerprint density at radius 2 is 1.93 bits per heavy atom. The van der Waals surface area contributed by atoms with E-state index in [1.165, 1.54) is 25.3 Å². The summed E-state index contributed by atoms with van der Waals surface area (Å²) in [5.41, 5.74) is 2.71. The predicted molar refractivity (Wildman–Crippen MR) is 102 cm³/mol. The third-order valence-corrected chi connectivity index (χ3v) is 3.90. The van der Waals surface area contributed by atoms with Gasteiger partial charge in [0, 0.05) is 16.9 Å². The van der Waals surface area contributed by atoms with E-state index in [0.717, 1.165) is 11.1 Å². The van der Waals surface area contributed by atoms with Gasteiger partial charge in [-0.15, -0.1) is 0 Å². The molecule has 8 heteroatoms. The molecule has 0 aliphatic rings. The first-order valence-corrected chi connectivity index (χ1v) is 8.61. The maximum Gasteiger partial charge on any atom is 0.326 e. The molecular weight excluding hydrogens is 370 g/mol. The highest BCUT2D eigenvalue weighted by Crippen LogP contribution is 2.16. The molecule has 2 rings (SSSR count). The third-order valence-electron chi connectivity index (χ3n) is 3.67. The number of nitrogens with one attached hydrogen (secondary N) is 2. The van der Waals surface area contributed by atoms with Crippen LogP contribution in [0.4, 0.5) is 5.69 Å². The van der Waals surface area contributed by atoms with Crippen molar-refractivity contribution in [2.24, 2.45) is 0 Å². The van der Waals surface area contributed by atoms with Crippen LogP contribution in [0, 0.1) is 13.8 Å². The SMILES string of the molecule is Cc1ccc(NC(=O)[C@H](C)OC(=O)CNC(=O)c2cc(Cl)ccn2)c(C)c1. The Kier molecular flexibility index (Phi) is 6.90. The van der Waals surface area contributed by atoms with Gasteiger partial charge in [-0.1, -0.05) is 29.3 Å². The van der Waals surface area contributed by atoms with E-state index < -0.39 is 30.4 Å². The van der Waals surface area contributed by atoms with Crippen LogP contribution in [0.3, 0.4) is 0 Å². The summed E-state index contributed by atoms with van der Waals surface area (Å²) >= 11 is 5.79. The van der Waals surface area contributed by atoms with Crippen molar-refractivity contribution in [2.45, 2.75) is 26.9 Å². The number of carbonyl (C=O) groups excluding carboxylic acids is 3. The third kappa shape index (κ3) is 6.07. The highest BCUT2D eigenvalue weighted by molar-refractivity contribution is 6.30. The van der Waals surface area contributed by atoms with E-state index in [9.17, 15) is 14.4 Å². The molecule has 7 nitrogen and oxygen atoms in total. The number of pyridine rings is 1. The van der Waals surface area contributed by atoms with E-state index >= 15 is 0 Å². The lowest BCUT2D eigenvalue weighted by Crippen LogP contribution is -2.36. The molecule has 2 aromatic rings. The fourth-order valence-electron chi connectivity index (χ4n) is 2.25. The number of aromatic nitrogens is 1. The van der Waals surface area contributed by atoms with Gasteiger partial charge in [0.1, 0.15) is 12.2 Å². The summed E-state index contributed by atoms with van der Waals surface area (Å²) in [5.74, 6) is -1.77. The molecule has 1 aromatic heterocycles. The van der Waals surface area contributed by atoms with Crippen LogP contribution in [0.1, 0.15) is 28.5 Å². The average molecular weight is 390 g/mol. The number of halogens is 1. The van der Waals surface area contributed by atoms with Gasteiger partial charge >= 0.3 is 5.97 Å². The molecule has 142 valence electrons. The van der Waals surface area contributed by atoms with Crippen molar-refractivity contribution in [3.8, 4) is 0 Å². The Hall–Kier alpha value is -2.93. The van der Waals surface area contributed by atoms with Crippen LogP contribution >= 0.6 is 11.6 Å². The summed E-state index contributed by atoms with van der Waals surface area (Å²) in [7, 11) is 0. The van der Waals surface area contributed by atoms with Gasteiger partial charge in [-0.05, 0) is 44.5 Å². The minimum atomic E-state index is -1.01. The summed E-state index contributed by atoms with van der Waals surface area (Å²) in [5, 5.41) is 5.44. The lowest BCUT2D eigenvalue weighted by molar-refractivity contribution is -0.152. The minimum Gasteiger partial charge on any atom is -0.451 e. The van der Waals surface area contributed by atoms with Gasteiger partial charge in [0.2, 0.25) is 0 Å². The van der Waals surface area contributed by atoms with Crippen LogP contribution in [-0.2, 0) is 14.3 Å². The van der Waals surface area contributed by atoms with Crippen molar-refractivity contribution in [1.29, 1.82) is 0 Å². The van der Waals surface area contributed by atoms with Crippen LogP contribution in [0.15, 0.2) is 36.5 Å². The Morgan fingerprint density at radius 3 is 2.59 bits per heavy atom. The van der Waals surface area contributed by atoms with Gasteiger partial charge in [-0.3, -0.25) is 19.4 Å². The summed E-state index contributed by atoms with van der Waals surface area (Å²) in [4.78, 5) is 39.8. The van der Waals surface area contributed by atoms with Gasteiger partial charge in [0.05, 0.1) is 0 Å². The molecule has 2 amide bonds. The van der Waals surface area contributed by atoms with Crippen LogP contribution in [-0.4, -0.2) is 35.4 Å². The van der Waals surface area contributed by atoms with E-state index in [1.807, 2.05) is 26.0 Å². The van der Waals surface area contributed by atoms with Gasteiger partial charge in [-0.2, -0.15) is 0 Å². The average Bonchev–Trinajstić information content (AvgIpc) is 2.61. The molecule has 0 saturated carbocycles. The molecule has 1 atom stereocenters. The van der Waals surface area contributed by atoms with Crippen LogP contribution in [0.5, 0.6) is 0 Å². The highest BCUT2D eigenvalue weighted by Gasteiger charge is 2.19. The number of esters is 1. The van der Waals surface area contributed by atoms with Crippen LogP contribution < -0.4 is 10.6 Å². The van der Waals surface area contributed by atoms with E-state index in [1.54, 1.807) is 6.07 Å². The first-order chi connectivity index (χ1) is 12.8. The smallest absolute Gasteiger partial charge is 0.326 e. The number of carbonyl (C=O) groups is 3. The number of ether oxygens (including phenoxy) is 1. The lowest BCUT2D eigenvalue weighted by Gasteiger charge is -2.15. The molecule has 0 aliphatic carbocycles. The topological polar surface area (TPSA) is 97.4 Å². The second kappa shape index (κ2) is 9.14. The zero-order valence-corrected chi connectivity index (χ0v) is 16.0. The first kappa shape index (κ1) is 20.4. The molecule has 0 unspecified atom stereocenters. The second-order valence-electron chi connectivity index (χ2n) is 5.98. The summed E-state index contributed by atoms with van der Waals surface area (Å²) in [6.45, 7) is 4.89. The van der Waals surface area contributed by atoms with Gasteiger partial charge in [-0.25, -0.2) is 0 Å². The molecule has 0 fully saturated rings. The molecule has 27 heavy (non-hydrogen) atoms. The molecule has 0 radical (unpaired) electrons. The summed E-state index contributed by atoms with van der Waals surface area (Å²) in [6, 6.07) is 8.50. The molecule has 0 bridgehead atoms. The number of anilines is 1. The van der Waals surface area contributed by atoms with Gasteiger partial charge in [0.25, 0.3) is 11.8 Å². The maximum absolute atomic E-state index is 12.2. The Bertz CT molecular complexity index is 870. The van der Waals surface area contributed by atoms with Gasteiger partial charge < -0.3 is 15.4 Å². The lowest BCUT2D eigenvalue weighted by atomic mass is 10.1. The molecule has 0 saturated heterocycles. The molecular formula is C19H20ClN3O4. The molecule has 0 aliphatic heterocycles. The molecule has 1 aromatic carbocycles. The van der Waals surface area contributed by atoms with Crippen molar-refractivity contribution >= 4 is 35.1 Å². The standard InChI is InChI=1S/C19H20ClN3O4/c1-11-4-5-15(12(2)8-11)23-18(25)13(3)27-17(24)10-22-19(26)16-9-14(20)6-7-21-16/h4-9,13H,10H2,1-3H3,(H,22,26)(H,23,25)/t13-/m0/s1. The predicted octanol–water partition coefficient (Wildman–Crippen LogP) is 2.65. The molecule has 2 N–H and O–H groups in total. The molecule has 1 heterocycles. The van der Waals surface area contributed by atoms with E-state index in [4.69, 9.17) is 16.3 Å². The fourth-order valence-corrected chi connectivity index (χ4v) is 2.41. The van der Waals surface area contributed by atoms with Gasteiger partial charge in [0.15, 0.2) is 6.10 Å². The number of nitrogens with zero attached hydrogens (tertiary/aromatic N) is 1. The van der Waals surface area contributed by atoms with Crippen LogP contribution in [0.25, 0.3) is 0 Å². The van der Waals surface area contributed by atoms with Crippen molar-refractivity contribution < 1.29 is 19.1 Å². The quantitative estimate of drug-likeness (QED) is 0.740. The number of hydrogen-bond acceptors (Lipinski definition) is 5. The van der Waals surface area contributed by atoms with E-state index in [0.29, 0.717) is 10.7 Å². The van der Waals surface area contributed by atoms with Crippen LogP contribution in [0.2, 0.25) is 5.02 Å². The number of rotatable bonds is 6. The number of amides is 2. The number of hydrogen-bond donors (Lipinski definition) is 2. The number of aryl methyl sites for hydroxylation is 2. The fraction of sp³-hybridized carbons (Fsp3) is 0.263. The molecule has 0 spiro atoms. The largest absolute Gasteiger partial charge is 0.451 e. The van der Waals surface area contributed by atoms with Crippen molar-refractivity contribution in [3.05, 3.63) is 58.4 Å². The van der Waals surface area contributed by atoms with E-state index in [2.05, 4.69) is 15.6 Å². The first-order valence-electron chi connectivity index (χ1n) is 8.23.